The minimum absolute atomic E-state index is 0.880. The van der Waals surface area contributed by atoms with Crippen molar-refractivity contribution in [1.29, 1.82) is 0 Å². The molecule has 4 nitrogen and oxygen atoms in total. The average molecular weight is 303 g/mol. The molecule has 1 aliphatic rings. The van der Waals surface area contributed by atoms with Gasteiger partial charge in [-0.15, -0.1) is 11.3 Å². The second-order valence-corrected chi connectivity index (χ2v) is 6.60. The summed E-state index contributed by atoms with van der Waals surface area (Å²) in [4.78, 5) is 10.9. The average Bonchev–Trinajstić information content (AvgIpc) is 2.90. The van der Waals surface area contributed by atoms with Gasteiger partial charge in [0.1, 0.15) is 5.75 Å². The number of benzene rings is 1. The molecule has 2 heterocycles. The number of piperazine rings is 1. The zero-order chi connectivity index (χ0) is 14.8. The quantitative estimate of drug-likeness (QED) is 0.872. The molecule has 1 aliphatic heterocycles. The van der Waals surface area contributed by atoms with Crippen molar-refractivity contribution in [3.63, 3.8) is 0 Å². The van der Waals surface area contributed by atoms with E-state index in [1.165, 1.54) is 4.88 Å². The highest BCUT2D eigenvalue weighted by molar-refractivity contribution is 7.16. The van der Waals surface area contributed by atoms with Gasteiger partial charge in [-0.1, -0.05) is 0 Å². The topological polar surface area (TPSA) is 28.6 Å². The summed E-state index contributed by atoms with van der Waals surface area (Å²) in [7, 11) is 3.86. The highest BCUT2D eigenvalue weighted by Crippen LogP contribution is 2.33. The van der Waals surface area contributed by atoms with E-state index in [9.17, 15) is 0 Å². The monoisotopic (exact) mass is 303 g/mol. The molecule has 0 bridgehead atoms. The molecule has 0 spiro atoms. The zero-order valence-corrected chi connectivity index (χ0v) is 13.6. The molecule has 1 aromatic carbocycles. The van der Waals surface area contributed by atoms with Gasteiger partial charge < -0.3 is 14.5 Å². The van der Waals surface area contributed by atoms with E-state index in [0.29, 0.717) is 0 Å². The third-order valence-electron chi connectivity index (χ3n) is 3.92. The standard InChI is InChI=1S/C16H21N3OS/c1-12-15(13-4-6-14(20-3)7-5-13)17-16(21-12)19-10-8-18(2)9-11-19/h4-7H,8-11H2,1-3H3. The maximum Gasteiger partial charge on any atom is 0.186 e. The number of anilines is 1. The third-order valence-corrected chi connectivity index (χ3v) is 4.95. The van der Waals surface area contributed by atoms with Crippen molar-refractivity contribution in [2.24, 2.45) is 0 Å². The summed E-state index contributed by atoms with van der Waals surface area (Å²) in [5.41, 5.74) is 2.25. The van der Waals surface area contributed by atoms with Gasteiger partial charge in [0, 0.05) is 36.6 Å². The van der Waals surface area contributed by atoms with Gasteiger partial charge in [-0.3, -0.25) is 0 Å². The molecule has 0 radical (unpaired) electrons. The predicted octanol–water partition coefficient (Wildman–Crippen LogP) is 2.88. The van der Waals surface area contributed by atoms with Crippen LogP contribution in [-0.2, 0) is 0 Å². The van der Waals surface area contributed by atoms with Crippen LogP contribution in [0.5, 0.6) is 5.75 Å². The number of thiazole rings is 1. The Labute approximate surface area is 130 Å². The fourth-order valence-corrected chi connectivity index (χ4v) is 3.51. The van der Waals surface area contributed by atoms with Crippen molar-refractivity contribution in [3.05, 3.63) is 29.1 Å². The van der Waals surface area contributed by atoms with Crippen LogP contribution >= 0.6 is 11.3 Å². The van der Waals surface area contributed by atoms with Crippen LogP contribution in [0.15, 0.2) is 24.3 Å². The van der Waals surface area contributed by atoms with Crippen molar-refractivity contribution in [1.82, 2.24) is 9.88 Å². The van der Waals surface area contributed by atoms with Gasteiger partial charge in [0.2, 0.25) is 0 Å². The Morgan fingerprint density at radius 3 is 2.38 bits per heavy atom. The minimum atomic E-state index is 0.880. The van der Waals surface area contributed by atoms with Crippen LogP contribution in [0.1, 0.15) is 4.88 Å². The molecule has 0 unspecified atom stereocenters. The Hall–Kier alpha value is -1.59. The van der Waals surface area contributed by atoms with E-state index in [2.05, 4.69) is 35.9 Å². The smallest absolute Gasteiger partial charge is 0.186 e. The first-order chi connectivity index (χ1) is 10.2. The van der Waals surface area contributed by atoms with Gasteiger partial charge >= 0.3 is 0 Å². The third kappa shape index (κ3) is 3.04. The number of aryl methyl sites for hydroxylation is 1. The van der Waals surface area contributed by atoms with E-state index in [1.807, 2.05) is 12.1 Å². The summed E-state index contributed by atoms with van der Waals surface area (Å²) in [6, 6.07) is 8.14. The SMILES string of the molecule is COc1ccc(-c2nc(N3CCN(C)CC3)sc2C)cc1. The predicted molar refractivity (Wildman–Crippen MR) is 88.5 cm³/mol. The van der Waals surface area contributed by atoms with Crippen LogP contribution in [0.2, 0.25) is 0 Å². The lowest BCUT2D eigenvalue weighted by Gasteiger charge is -2.32. The van der Waals surface area contributed by atoms with E-state index in [1.54, 1.807) is 18.4 Å². The Kier molecular flexibility index (Phi) is 4.12. The Morgan fingerprint density at radius 1 is 1.10 bits per heavy atom. The molecule has 0 aliphatic carbocycles. The lowest BCUT2D eigenvalue weighted by Crippen LogP contribution is -2.44. The largest absolute Gasteiger partial charge is 0.497 e. The summed E-state index contributed by atoms with van der Waals surface area (Å²) < 4.78 is 5.22. The van der Waals surface area contributed by atoms with E-state index >= 15 is 0 Å². The molecule has 1 aromatic heterocycles. The van der Waals surface area contributed by atoms with Crippen LogP contribution < -0.4 is 9.64 Å². The number of methoxy groups -OCH3 is 1. The Bertz CT molecular complexity index is 600. The Morgan fingerprint density at radius 2 is 1.76 bits per heavy atom. The van der Waals surface area contributed by atoms with Crippen molar-refractivity contribution >= 4 is 16.5 Å². The molecule has 0 N–H and O–H groups in total. The molecule has 2 aromatic rings. The molecule has 1 fully saturated rings. The number of likely N-dealkylation sites (N-methyl/N-ethyl adjacent to an activating group) is 1. The number of nitrogens with zero attached hydrogens (tertiary/aromatic N) is 3. The molecule has 1 saturated heterocycles. The van der Waals surface area contributed by atoms with Crippen molar-refractivity contribution in [2.75, 3.05) is 45.2 Å². The summed E-state index contributed by atoms with van der Waals surface area (Å²) >= 11 is 1.79. The molecule has 21 heavy (non-hydrogen) atoms. The zero-order valence-electron chi connectivity index (χ0n) is 12.8. The molecule has 0 atom stereocenters. The molecule has 0 saturated carbocycles. The summed E-state index contributed by atoms with van der Waals surface area (Å²) in [6.07, 6.45) is 0. The van der Waals surface area contributed by atoms with E-state index in [-0.39, 0.29) is 0 Å². The number of hydrogen-bond acceptors (Lipinski definition) is 5. The second-order valence-electron chi connectivity index (χ2n) is 5.42. The van der Waals surface area contributed by atoms with E-state index < -0.39 is 0 Å². The Balaban J connectivity index is 1.83. The number of aromatic nitrogens is 1. The van der Waals surface area contributed by atoms with Gasteiger partial charge in [0.05, 0.1) is 12.8 Å². The molecular weight excluding hydrogens is 282 g/mol. The first-order valence-electron chi connectivity index (χ1n) is 7.22. The van der Waals surface area contributed by atoms with Crippen molar-refractivity contribution in [3.8, 4) is 17.0 Å². The first kappa shape index (κ1) is 14.4. The van der Waals surface area contributed by atoms with Crippen molar-refractivity contribution < 1.29 is 4.74 Å². The molecular formula is C16H21N3OS. The van der Waals surface area contributed by atoms with Crippen LogP contribution in [0, 0.1) is 6.92 Å². The summed E-state index contributed by atoms with van der Waals surface area (Å²) in [5.74, 6) is 0.880. The molecule has 112 valence electrons. The van der Waals surface area contributed by atoms with Crippen LogP contribution in [-0.4, -0.2) is 50.2 Å². The van der Waals surface area contributed by atoms with Crippen LogP contribution in [0.25, 0.3) is 11.3 Å². The maximum atomic E-state index is 5.22. The van der Waals surface area contributed by atoms with Crippen LogP contribution in [0.4, 0.5) is 5.13 Å². The first-order valence-corrected chi connectivity index (χ1v) is 8.04. The molecule has 5 heteroatoms. The number of ether oxygens (including phenoxy) is 1. The highest BCUT2D eigenvalue weighted by atomic mass is 32.1. The van der Waals surface area contributed by atoms with Crippen molar-refractivity contribution in [2.45, 2.75) is 6.92 Å². The minimum Gasteiger partial charge on any atom is -0.497 e. The normalized spacial score (nSPS) is 16.2. The number of hydrogen-bond donors (Lipinski definition) is 0. The maximum absolute atomic E-state index is 5.22. The van der Waals surface area contributed by atoms with Gasteiger partial charge in [-0.2, -0.15) is 0 Å². The number of rotatable bonds is 3. The highest BCUT2D eigenvalue weighted by Gasteiger charge is 2.19. The van der Waals surface area contributed by atoms with Gasteiger partial charge in [0.15, 0.2) is 5.13 Å². The lowest BCUT2D eigenvalue weighted by atomic mass is 10.1. The summed E-state index contributed by atoms with van der Waals surface area (Å²) in [6.45, 7) is 6.49. The lowest BCUT2D eigenvalue weighted by molar-refractivity contribution is 0.313. The van der Waals surface area contributed by atoms with Crippen LogP contribution in [0.3, 0.4) is 0 Å². The fourth-order valence-electron chi connectivity index (χ4n) is 2.53. The molecule has 0 amide bonds. The molecule has 3 rings (SSSR count). The van der Waals surface area contributed by atoms with Gasteiger partial charge in [-0.05, 0) is 38.2 Å². The fraction of sp³-hybridized carbons (Fsp3) is 0.438. The second kappa shape index (κ2) is 6.03. The van der Waals surface area contributed by atoms with E-state index in [0.717, 1.165) is 48.3 Å². The summed E-state index contributed by atoms with van der Waals surface area (Å²) in [5, 5.41) is 1.14. The van der Waals surface area contributed by atoms with Gasteiger partial charge in [0.25, 0.3) is 0 Å². The van der Waals surface area contributed by atoms with Gasteiger partial charge in [-0.25, -0.2) is 4.98 Å². The van der Waals surface area contributed by atoms with E-state index in [4.69, 9.17) is 9.72 Å².